The summed E-state index contributed by atoms with van der Waals surface area (Å²) in [6, 6.07) is 2.15. The topological polar surface area (TPSA) is 60.2 Å². The fraction of sp³-hybridized carbons (Fsp3) is 0.545. The molecule has 1 saturated heterocycles. The number of carbonyl (C=O) groups excluding carboxylic acids is 1. The lowest BCUT2D eigenvalue weighted by Crippen LogP contribution is -2.50. The lowest BCUT2D eigenvalue weighted by Gasteiger charge is -2.35. The summed E-state index contributed by atoms with van der Waals surface area (Å²) in [4.78, 5) is 20.5. The van der Waals surface area contributed by atoms with E-state index in [0.29, 0.717) is 18.0 Å². The van der Waals surface area contributed by atoms with Crippen LogP contribution in [0.1, 0.15) is 16.6 Å². The summed E-state index contributed by atoms with van der Waals surface area (Å²) in [5.41, 5.74) is 1.67. The van der Waals surface area contributed by atoms with Gasteiger partial charge in [0.2, 0.25) is 0 Å². The van der Waals surface area contributed by atoms with Gasteiger partial charge >= 0.3 is 0 Å². The van der Waals surface area contributed by atoms with E-state index < -0.39 is 0 Å². The lowest BCUT2D eigenvalue weighted by atomic mass is 10.2. The standard InChI is InChI=1S/C11H14N4OS/c1-9(6-12)14-2-4-15(5-3-14)11(16)10-7-13-8-17-10/h7-9H,2-5H2,1H3. The molecule has 1 aromatic rings. The Labute approximate surface area is 104 Å². The third-order valence-corrected chi connectivity index (χ3v) is 3.74. The molecule has 2 rings (SSSR count). The third-order valence-electron chi connectivity index (χ3n) is 2.98. The van der Waals surface area contributed by atoms with Gasteiger partial charge < -0.3 is 4.90 Å². The minimum Gasteiger partial charge on any atom is -0.335 e. The number of piperazine rings is 1. The van der Waals surface area contributed by atoms with Crippen LogP contribution in [0.25, 0.3) is 0 Å². The molecule has 5 nitrogen and oxygen atoms in total. The molecular formula is C11H14N4OS. The van der Waals surface area contributed by atoms with Crippen molar-refractivity contribution in [2.75, 3.05) is 26.2 Å². The number of amides is 1. The molecule has 90 valence electrons. The number of rotatable bonds is 2. The fourth-order valence-electron chi connectivity index (χ4n) is 1.87. The number of hydrogen-bond donors (Lipinski definition) is 0. The van der Waals surface area contributed by atoms with Crippen LogP contribution in [0, 0.1) is 11.3 Å². The van der Waals surface area contributed by atoms with E-state index in [4.69, 9.17) is 5.26 Å². The average molecular weight is 250 g/mol. The molecule has 1 aromatic heterocycles. The minimum absolute atomic E-state index is 0.0526. The summed E-state index contributed by atoms with van der Waals surface area (Å²) in [5.74, 6) is 0.0526. The number of hydrogen-bond acceptors (Lipinski definition) is 5. The van der Waals surface area contributed by atoms with Crippen molar-refractivity contribution in [2.45, 2.75) is 13.0 Å². The van der Waals surface area contributed by atoms with Crippen molar-refractivity contribution in [1.82, 2.24) is 14.8 Å². The average Bonchev–Trinajstić information content (AvgIpc) is 2.91. The maximum atomic E-state index is 12.0. The largest absolute Gasteiger partial charge is 0.335 e. The predicted molar refractivity (Wildman–Crippen MR) is 64.7 cm³/mol. The summed E-state index contributed by atoms with van der Waals surface area (Å²) in [6.07, 6.45) is 1.61. The highest BCUT2D eigenvalue weighted by atomic mass is 32.1. The molecule has 6 heteroatoms. The second-order valence-corrected chi connectivity index (χ2v) is 4.89. The lowest BCUT2D eigenvalue weighted by molar-refractivity contribution is 0.0620. The van der Waals surface area contributed by atoms with Gasteiger partial charge in [0, 0.05) is 26.2 Å². The van der Waals surface area contributed by atoms with Crippen LogP contribution < -0.4 is 0 Å². The van der Waals surface area contributed by atoms with Crippen LogP contribution in [0.15, 0.2) is 11.7 Å². The van der Waals surface area contributed by atoms with E-state index in [1.807, 2.05) is 11.8 Å². The molecule has 0 radical (unpaired) electrons. The Morgan fingerprint density at radius 1 is 1.53 bits per heavy atom. The SMILES string of the molecule is CC(C#N)N1CCN(C(=O)c2cncs2)CC1. The van der Waals surface area contributed by atoms with E-state index in [1.54, 1.807) is 11.7 Å². The van der Waals surface area contributed by atoms with Gasteiger partial charge in [-0.1, -0.05) is 0 Å². The zero-order valence-electron chi connectivity index (χ0n) is 9.67. The van der Waals surface area contributed by atoms with Crippen molar-refractivity contribution < 1.29 is 4.79 Å². The van der Waals surface area contributed by atoms with Crippen molar-refractivity contribution in [3.05, 3.63) is 16.6 Å². The van der Waals surface area contributed by atoms with Gasteiger partial charge in [-0.25, -0.2) is 0 Å². The Bertz CT molecular complexity index is 417. The Morgan fingerprint density at radius 3 is 2.76 bits per heavy atom. The van der Waals surface area contributed by atoms with Gasteiger partial charge in [-0.15, -0.1) is 11.3 Å². The molecule has 17 heavy (non-hydrogen) atoms. The summed E-state index contributed by atoms with van der Waals surface area (Å²) in [6.45, 7) is 4.78. The maximum absolute atomic E-state index is 12.0. The number of nitriles is 1. The molecule has 0 saturated carbocycles. The minimum atomic E-state index is -0.0735. The Hall–Kier alpha value is -1.45. The van der Waals surface area contributed by atoms with Crippen LogP contribution in [0.3, 0.4) is 0 Å². The molecule has 1 aliphatic rings. The van der Waals surface area contributed by atoms with Crippen LogP contribution in [0.5, 0.6) is 0 Å². The second kappa shape index (κ2) is 5.25. The highest BCUT2D eigenvalue weighted by molar-refractivity contribution is 7.11. The van der Waals surface area contributed by atoms with E-state index in [-0.39, 0.29) is 11.9 Å². The van der Waals surface area contributed by atoms with Crippen molar-refractivity contribution in [2.24, 2.45) is 0 Å². The first-order chi connectivity index (χ1) is 8.22. The van der Waals surface area contributed by atoms with Crippen LogP contribution >= 0.6 is 11.3 Å². The fourth-order valence-corrected chi connectivity index (χ4v) is 2.46. The van der Waals surface area contributed by atoms with Gasteiger partial charge in [0.05, 0.1) is 23.8 Å². The number of thiazole rings is 1. The Balaban J connectivity index is 1.92. The third kappa shape index (κ3) is 2.62. The van der Waals surface area contributed by atoms with Gasteiger partial charge in [0.15, 0.2) is 0 Å². The van der Waals surface area contributed by atoms with Crippen molar-refractivity contribution in [3.8, 4) is 6.07 Å². The second-order valence-electron chi connectivity index (χ2n) is 4.00. The smallest absolute Gasteiger partial charge is 0.265 e. The van der Waals surface area contributed by atoms with E-state index in [2.05, 4.69) is 16.0 Å². The van der Waals surface area contributed by atoms with Crippen molar-refractivity contribution in [3.63, 3.8) is 0 Å². The van der Waals surface area contributed by atoms with Crippen molar-refractivity contribution in [1.29, 1.82) is 5.26 Å². The maximum Gasteiger partial charge on any atom is 0.265 e. The molecule has 0 aliphatic carbocycles. The number of carbonyl (C=O) groups is 1. The summed E-state index contributed by atoms with van der Waals surface area (Å²) in [5, 5.41) is 8.83. The van der Waals surface area contributed by atoms with Crippen LogP contribution in [0.2, 0.25) is 0 Å². The molecule has 2 heterocycles. The van der Waals surface area contributed by atoms with Crippen LogP contribution in [-0.2, 0) is 0 Å². The Morgan fingerprint density at radius 2 is 2.24 bits per heavy atom. The van der Waals surface area contributed by atoms with E-state index in [9.17, 15) is 4.79 Å². The van der Waals surface area contributed by atoms with Gasteiger partial charge in [0.1, 0.15) is 4.88 Å². The van der Waals surface area contributed by atoms with Crippen LogP contribution in [0.4, 0.5) is 0 Å². The molecule has 0 N–H and O–H groups in total. The zero-order chi connectivity index (χ0) is 12.3. The van der Waals surface area contributed by atoms with E-state index in [0.717, 1.165) is 13.1 Å². The molecule has 1 unspecified atom stereocenters. The highest BCUT2D eigenvalue weighted by Crippen LogP contribution is 2.13. The van der Waals surface area contributed by atoms with Crippen LogP contribution in [-0.4, -0.2) is 52.9 Å². The van der Waals surface area contributed by atoms with Crippen molar-refractivity contribution >= 4 is 17.2 Å². The summed E-state index contributed by atoms with van der Waals surface area (Å²) < 4.78 is 0. The summed E-state index contributed by atoms with van der Waals surface area (Å²) in [7, 11) is 0. The molecule has 0 bridgehead atoms. The normalized spacial score (nSPS) is 18.7. The first-order valence-electron chi connectivity index (χ1n) is 5.54. The number of aromatic nitrogens is 1. The van der Waals surface area contributed by atoms with E-state index >= 15 is 0 Å². The molecule has 1 atom stereocenters. The molecular weight excluding hydrogens is 236 g/mol. The van der Waals surface area contributed by atoms with Gasteiger partial charge in [-0.05, 0) is 6.92 Å². The first-order valence-corrected chi connectivity index (χ1v) is 6.42. The van der Waals surface area contributed by atoms with Gasteiger partial charge in [-0.3, -0.25) is 14.7 Å². The van der Waals surface area contributed by atoms with Gasteiger partial charge in [0.25, 0.3) is 5.91 Å². The molecule has 1 amide bonds. The van der Waals surface area contributed by atoms with Gasteiger partial charge in [-0.2, -0.15) is 5.26 Å². The monoisotopic (exact) mass is 250 g/mol. The first kappa shape index (κ1) is 12.0. The molecule has 1 aliphatic heterocycles. The highest BCUT2D eigenvalue weighted by Gasteiger charge is 2.25. The Kier molecular flexibility index (Phi) is 3.71. The molecule has 1 fully saturated rings. The predicted octanol–water partition coefficient (Wildman–Crippen LogP) is 0.813. The zero-order valence-corrected chi connectivity index (χ0v) is 10.5. The summed E-state index contributed by atoms with van der Waals surface area (Å²) >= 11 is 1.37. The molecule has 0 aromatic carbocycles. The molecule has 0 spiro atoms. The number of nitrogens with zero attached hydrogens (tertiary/aromatic N) is 4. The van der Waals surface area contributed by atoms with E-state index in [1.165, 1.54) is 11.3 Å². The quantitative estimate of drug-likeness (QED) is 0.779.